The molecule has 5 heteroatoms. The number of piperidine rings is 1. The van der Waals surface area contributed by atoms with E-state index >= 15 is 0 Å². The van der Waals surface area contributed by atoms with Crippen LogP contribution in [0.5, 0.6) is 0 Å². The zero-order valence-corrected chi connectivity index (χ0v) is 14.8. The van der Waals surface area contributed by atoms with Crippen molar-refractivity contribution in [2.24, 2.45) is 10.8 Å². The summed E-state index contributed by atoms with van der Waals surface area (Å²) in [6.07, 6.45) is 10.6. The summed E-state index contributed by atoms with van der Waals surface area (Å²) in [5.41, 5.74) is 2.50. The van der Waals surface area contributed by atoms with Gasteiger partial charge < -0.3 is 5.32 Å². The predicted molar refractivity (Wildman–Crippen MR) is 92.2 cm³/mol. The van der Waals surface area contributed by atoms with Gasteiger partial charge in [-0.2, -0.15) is 0 Å². The summed E-state index contributed by atoms with van der Waals surface area (Å²) in [6.45, 7) is 7.25. The molecule has 2 heterocycles. The lowest BCUT2D eigenvalue weighted by Crippen LogP contribution is -2.55. The van der Waals surface area contributed by atoms with Gasteiger partial charge in [-0.15, -0.1) is 0 Å². The van der Waals surface area contributed by atoms with E-state index in [0.717, 1.165) is 43.9 Å². The topological polar surface area (TPSA) is 58.1 Å². The minimum Gasteiger partial charge on any atom is -0.353 e. The fourth-order valence-electron chi connectivity index (χ4n) is 4.28. The monoisotopic (exact) mass is 328 g/mol. The Balaban J connectivity index is 1.23. The Morgan fingerprint density at radius 2 is 1.96 bits per heavy atom. The minimum absolute atomic E-state index is 0.0407. The van der Waals surface area contributed by atoms with Gasteiger partial charge in [-0.1, -0.05) is 6.92 Å². The van der Waals surface area contributed by atoms with Gasteiger partial charge in [-0.25, -0.2) is 0 Å². The Morgan fingerprint density at radius 3 is 2.58 bits per heavy atom. The first kappa shape index (κ1) is 16.0. The zero-order valence-electron chi connectivity index (χ0n) is 14.8. The number of hydrogen-bond acceptors (Lipinski definition) is 4. The van der Waals surface area contributed by atoms with E-state index in [2.05, 4.69) is 27.1 Å². The summed E-state index contributed by atoms with van der Waals surface area (Å²) < 4.78 is 0. The number of likely N-dealkylation sites (tertiary alicyclic amines) is 1. The quantitative estimate of drug-likeness (QED) is 0.922. The Morgan fingerprint density at radius 1 is 1.25 bits per heavy atom. The lowest BCUT2D eigenvalue weighted by molar-refractivity contribution is -0.128. The maximum atomic E-state index is 12.2. The molecule has 1 spiro atoms. The number of aryl methyl sites for hydroxylation is 1. The molecule has 0 bridgehead atoms. The molecular weight excluding hydrogens is 300 g/mol. The van der Waals surface area contributed by atoms with E-state index in [1.54, 1.807) is 6.20 Å². The van der Waals surface area contributed by atoms with Crippen LogP contribution in [0.15, 0.2) is 12.4 Å². The van der Waals surface area contributed by atoms with Crippen molar-refractivity contribution in [1.29, 1.82) is 0 Å². The van der Waals surface area contributed by atoms with Crippen LogP contribution in [0.25, 0.3) is 0 Å². The molecule has 2 saturated carbocycles. The van der Waals surface area contributed by atoms with Crippen molar-refractivity contribution in [3.8, 4) is 0 Å². The van der Waals surface area contributed by atoms with Gasteiger partial charge in [0.15, 0.2) is 0 Å². The van der Waals surface area contributed by atoms with E-state index in [-0.39, 0.29) is 11.3 Å². The second-order valence-corrected chi connectivity index (χ2v) is 8.57. The van der Waals surface area contributed by atoms with Gasteiger partial charge in [-0.3, -0.25) is 19.7 Å². The summed E-state index contributed by atoms with van der Waals surface area (Å²) in [4.78, 5) is 23.4. The highest BCUT2D eigenvalue weighted by molar-refractivity contribution is 5.85. The smallest absolute Gasteiger partial charge is 0.226 e. The van der Waals surface area contributed by atoms with Gasteiger partial charge in [0, 0.05) is 30.4 Å². The van der Waals surface area contributed by atoms with Crippen molar-refractivity contribution in [2.75, 3.05) is 13.1 Å². The molecule has 1 aromatic rings. The highest BCUT2D eigenvalue weighted by Gasteiger charge is 2.50. The molecule has 0 unspecified atom stereocenters. The number of carbonyl (C=O) groups is 1. The van der Waals surface area contributed by atoms with Crippen LogP contribution < -0.4 is 5.32 Å². The van der Waals surface area contributed by atoms with Crippen LogP contribution in [0.4, 0.5) is 0 Å². The third-order valence-electron chi connectivity index (χ3n) is 6.35. The van der Waals surface area contributed by atoms with E-state index in [1.807, 2.05) is 13.1 Å². The summed E-state index contributed by atoms with van der Waals surface area (Å²) in [5.74, 6) is 0.290. The zero-order chi connectivity index (χ0) is 16.8. The fourth-order valence-corrected chi connectivity index (χ4v) is 4.28. The van der Waals surface area contributed by atoms with Crippen LogP contribution in [0.3, 0.4) is 0 Å². The molecule has 1 saturated heterocycles. The molecule has 2 aliphatic carbocycles. The highest BCUT2D eigenvalue weighted by Crippen LogP contribution is 2.50. The molecule has 1 amide bonds. The molecule has 0 aromatic carbocycles. The van der Waals surface area contributed by atoms with E-state index < -0.39 is 0 Å². The van der Waals surface area contributed by atoms with Crippen molar-refractivity contribution in [3.05, 3.63) is 23.8 Å². The average molecular weight is 328 g/mol. The normalized spacial score (nSPS) is 25.2. The van der Waals surface area contributed by atoms with Gasteiger partial charge >= 0.3 is 0 Å². The molecule has 1 N–H and O–H groups in total. The van der Waals surface area contributed by atoms with E-state index in [4.69, 9.17) is 0 Å². The Bertz CT molecular complexity index is 624. The fraction of sp³-hybridized carbons (Fsp3) is 0.737. The number of aromatic nitrogens is 2. The number of carbonyl (C=O) groups excluding carboxylic acids is 1. The maximum Gasteiger partial charge on any atom is 0.226 e. The molecular formula is C19H28N4O. The Kier molecular flexibility index (Phi) is 3.87. The van der Waals surface area contributed by atoms with Crippen LogP contribution in [0.1, 0.15) is 56.8 Å². The molecule has 3 fully saturated rings. The molecule has 0 atom stereocenters. The lowest BCUT2D eigenvalue weighted by atomic mass is 9.60. The van der Waals surface area contributed by atoms with Crippen molar-refractivity contribution in [1.82, 2.24) is 20.2 Å². The summed E-state index contributed by atoms with van der Waals surface area (Å²) in [7, 11) is 0. The van der Waals surface area contributed by atoms with Crippen LogP contribution in [-0.2, 0) is 11.3 Å². The van der Waals surface area contributed by atoms with Gasteiger partial charge in [0.05, 0.1) is 11.4 Å². The summed E-state index contributed by atoms with van der Waals surface area (Å²) in [5, 5.41) is 3.28. The maximum absolute atomic E-state index is 12.2. The first-order chi connectivity index (χ1) is 11.5. The van der Waals surface area contributed by atoms with E-state index in [0.29, 0.717) is 11.5 Å². The molecule has 24 heavy (non-hydrogen) atoms. The van der Waals surface area contributed by atoms with Crippen LogP contribution >= 0.6 is 0 Å². The molecule has 1 aliphatic heterocycles. The van der Waals surface area contributed by atoms with Crippen molar-refractivity contribution >= 4 is 5.91 Å². The molecule has 5 nitrogen and oxygen atoms in total. The molecule has 1 aromatic heterocycles. The third kappa shape index (κ3) is 3.18. The standard InChI is InChI=1S/C19H28N4O/c1-14-11-20-12-16(21-14)13-23-7-5-19(6-8-23)9-15(10-19)22-17(24)18(2)3-4-18/h11-12,15H,3-10,13H2,1-2H3,(H,22,24). The third-order valence-corrected chi connectivity index (χ3v) is 6.35. The first-order valence-electron chi connectivity index (χ1n) is 9.27. The van der Waals surface area contributed by atoms with Crippen LogP contribution in [0.2, 0.25) is 0 Å². The number of rotatable bonds is 4. The van der Waals surface area contributed by atoms with Crippen LogP contribution in [-0.4, -0.2) is 39.9 Å². The van der Waals surface area contributed by atoms with Gasteiger partial charge in [0.2, 0.25) is 5.91 Å². The molecule has 3 aliphatic rings. The molecule has 130 valence electrons. The lowest BCUT2D eigenvalue weighted by Gasteiger charge is -2.52. The number of hydrogen-bond donors (Lipinski definition) is 1. The van der Waals surface area contributed by atoms with E-state index in [1.165, 1.54) is 25.7 Å². The SMILES string of the molecule is Cc1cncc(CN2CCC3(CC2)CC(NC(=O)C2(C)CC2)C3)n1. The number of amides is 1. The number of nitrogens with one attached hydrogen (secondary N) is 1. The van der Waals surface area contributed by atoms with Crippen molar-refractivity contribution in [3.63, 3.8) is 0 Å². The predicted octanol–water partition coefficient (Wildman–Crippen LogP) is 2.45. The van der Waals surface area contributed by atoms with E-state index in [9.17, 15) is 4.79 Å². The van der Waals surface area contributed by atoms with Crippen molar-refractivity contribution < 1.29 is 4.79 Å². The largest absolute Gasteiger partial charge is 0.353 e. The van der Waals surface area contributed by atoms with Gasteiger partial charge in [-0.05, 0) is 64.0 Å². The minimum atomic E-state index is -0.0407. The Labute approximate surface area is 144 Å². The average Bonchev–Trinajstić information content (AvgIpc) is 3.27. The van der Waals surface area contributed by atoms with Gasteiger partial charge in [0.1, 0.15) is 0 Å². The number of nitrogens with zero attached hydrogens (tertiary/aromatic N) is 3. The molecule has 4 rings (SSSR count). The van der Waals surface area contributed by atoms with Gasteiger partial charge in [0.25, 0.3) is 0 Å². The second-order valence-electron chi connectivity index (χ2n) is 8.57. The van der Waals surface area contributed by atoms with Crippen LogP contribution in [0, 0.1) is 17.8 Å². The Hall–Kier alpha value is -1.49. The summed E-state index contributed by atoms with van der Waals surface area (Å²) in [6, 6.07) is 0.420. The first-order valence-corrected chi connectivity index (χ1v) is 9.27. The highest BCUT2D eigenvalue weighted by atomic mass is 16.2. The second kappa shape index (κ2) is 5.80. The molecule has 0 radical (unpaired) electrons. The van der Waals surface area contributed by atoms with Crippen molar-refractivity contribution in [2.45, 2.75) is 65.0 Å². The summed E-state index contributed by atoms with van der Waals surface area (Å²) >= 11 is 0.